The molecule has 0 unspecified atom stereocenters. The Balaban J connectivity index is 1.55. The second-order valence-electron chi connectivity index (χ2n) is 6.45. The van der Waals surface area contributed by atoms with Gasteiger partial charge in [0.15, 0.2) is 6.61 Å². The molecule has 0 bridgehead atoms. The number of carbonyl (C=O) groups excluding carboxylic acids is 2. The second kappa shape index (κ2) is 10.2. The fourth-order valence-corrected chi connectivity index (χ4v) is 4.30. The molecule has 3 aromatic rings. The zero-order valence-electron chi connectivity index (χ0n) is 16.3. The molecule has 0 N–H and O–H groups in total. The van der Waals surface area contributed by atoms with Crippen LogP contribution in [0.3, 0.4) is 0 Å². The van der Waals surface area contributed by atoms with Gasteiger partial charge in [0.2, 0.25) is 0 Å². The maximum absolute atomic E-state index is 12.5. The summed E-state index contributed by atoms with van der Waals surface area (Å²) in [5.41, 5.74) is 2.47. The predicted octanol–water partition coefficient (Wildman–Crippen LogP) is 4.56. The zero-order valence-corrected chi connectivity index (χ0v) is 18.0. The Morgan fingerprint density at radius 1 is 1.10 bits per heavy atom. The van der Waals surface area contributed by atoms with Crippen LogP contribution in [0.4, 0.5) is 0 Å². The van der Waals surface area contributed by atoms with Crippen molar-refractivity contribution < 1.29 is 14.3 Å². The molecule has 3 rings (SSSR count). The summed E-state index contributed by atoms with van der Waals surface area (Å²) in [5, 5.41) is 3.04. The quantitative estimate of drug-likeness (QED) is 0.390. The number of ether oxygens (including phenoxy) is 1. The molecular weight excluding hydrogens is 404 g/mol. The van der Waals surface area contributed by atoms with E-state index in [2.05, 4.69) is 4.98 Å². The number of carbonyl (C=O) groups is 2. The van der Waals surface area contributed by atoms with Crippen LogP contribution in [0.5, 0.6) is 0 Å². The number of thioether (sulfide) groups is 1. The molecule has 0 fully saturated rings. The number of thiazole rings is 1. The number of nitrogens with zero attached hydrogens (tertiary/aromatic N) is 2. The largest absolute Gasteiger partial charge is 0.452 e. The van der Waals surface area contributed by atoms with Gasteiger partial charge in [-0.1, -0.05) is 42.5 Å². The maximum atomic E-state index is 12.5. The van der Waals surface area contributed by atoms with Crippen LogP contribution in [0.2, 0.25) is 0 Å². The first kappa shape index (κ1) is 21.1. The van der Waals surface area contributed by atoms with E-state index in [0.717, 1.165) is 21.2 Å². The first-order valence-electron chi connectivity index (χ1n) is 9.11. The summed E-state index contributed by atoms with van der Waals surface area (Å²) in [6, 6.07) is 16.9. The highest BCUT2D eigenvalue weighted by Gasteiger charge is 2.17. The molecule has 0 atom stereocenters. The van der Waals surface area contributed by atoms with E-state index in [0.29, 0.717) is 17.9 Å². The highest BCUT2D eigenvalue weighted by molar-refractivity contribution is 7.98. The summed E-state index contributed by atoms with van der Waals surface area (Å²) < 4.78 is 5.29. The highest BCUT2D eigenvalue weighted by Crippen LogP contribution is 2.27. The number of benzene rings is 2. The summed E-state index contributed by atoms with van der Waals surface area (Å²) in [7, 11) is 1.70. The van der Waals surface area contributed by atoms with Crippen molar-refractivity contribution in [3.05, 3.63) is 81.8 Å². The van der Waals surface area contributed by atoms with E-state index in [4.69, 9.17) is 4.74 Å². The van der Waals surface area contributed by atoms with Crippen molar-refractivity contribution in [2.45, 2.75) is 24.1 Å². The van der Waals surface area contributed by atoms with Gasteiger partial charge in [0.1, 0.15) is 0 Å². The molecule has 1 heterocycles. The lowest BCUT2D eigenvalue weighted by molar-refractivity contribution is -0.133. The minimum atomic E-state index is -0.496. The van der Waals surface area contributed by atoms with E-state index in [1.807, 2.05) is 54.8 Å². The highest BCUT2D eigenvalue weighted by atomic mass is 32.2. The van der Waals surface area contributed by atoms with E-state index in [1.165, 1.54) is 11.8 Å². The molecule has 0 saturated carbocycles. The molecule has 2 aromatic carbocycles. The number of aromatic nitrogens is 1. The van der Waals surface area contributed by atoms with Crippen LogP contribution in [0.1, 0.15) is 26.6 Å². The van der Waals surface area contributed by atoms with Gasteiger partial charge >= 0.3 is 5.97 Å². The monoisotopic (exact) mass is 426 g/mol. The lowest BCUT2D eigenvalue weighted by Crippen LogP contribution is -2.30. The molecule has 1 amide bonds. The van der Waals surface area contributed by atoms with Crippen LogP contribution in [-0.4, -0.2) is 35.4 Å². The summed E-state index contributed by atoms with van der Waals surface area (Å²) >= 11 is 3.14. The molecule has 0 spiro atoms. The van der Waals surface area contributed by atoms with Crippen molar-refractivity contribution in [2.24, 2.45) is 0 Å². The molecule has 1 aromatic heterocycles. The number of hydrogen-bond donors (Lipinski definition) is 0. The van der Waals surface area contributed by atoms with Crippen LogP contribution in [0, 0.1) is 6.92 Å². The first-order valence-corrected chi connectivity index (χ1v) is 11.0. The Hall–Kier alpha value is -2.64. The normalized spacial score (nSPS) is 10.6. The molecule has 150 valence electrons. The van der Waals surface area contributed by atoms with E-state index in [-0.39, 0.29) is 12.5 Å². The minimum Gasteiger partial charge on any atom is -0.452 e. The SMILES string of the molecule is Cc1nc(CSc2ccccc2C(=O)OCC(=O)N(C)Cc2ccccc2)cs1. The van der Waals surface area contributed by atoms with Crippen LogP contribution >= 0.6 is 23.1 Å². The topological polar surface area (TPSA) is 59.5 Å². The Bertz CT molecular complexity index is 973. The summed E-state index contributed by atoms with van der Waals surface area (Å²) in [5.74, 6) is -0.0674. The van der Waals surface area contributed by atoms with Gasteiger partial charge in [-0.3, -0.25) is 4.79 Å². The van der Waals surface area contributed by atoms with Gasteiger partial charge in [0.25, 0.3) is 5.91 Å². The van der Waals surface area contributed by atoms with Crippen LogP contribution in [0.25, 0.3) is 0 Å². The van der Waals surface area contributed by atoms with Crippen LogP contribution in [-0.2, 0) is 21.8 Å². The van der Waals surface area contributed by atoms with E-state index >= 15 is 0 Å². The van der Waals surface area contributed by atoms with E-state index in [9.17, 15) is 9.59 Å². The molecule has 5 nitrogen and oxygen atoms in total. The molecular formula is C22H22N2O3S2. The Morgan fingerprint density at radius 2 is 1.83 bits per heavy atom. The molecule has 7 heteroatoms. The molecule has 0 saturated heterocycles. The molecule has 0 radical (unpaired) electrons. The average molecular weight is 427 g/mol. The Morgan fingerprint density at radius 3 is 2.55 bits per heavy atom. The third-order valence-electron chi connectivity index (χ3n) is 4.16. The van der Waals surface area contributed by atoms with Gasteiger partial charge in [-0.05, 0) is 24.6 Å². The first-order chi connectivity index (χ1) is 14.0. The maximum Gasteiger partial charge on any atom is 0.339 e. The lowest BCUT2D eigenvalue weighted by Gasteiger charge is -2.17. The summed E-state index contributed by atoms with van der Waals surface area (Å²) in [4.78, 5) is 31.7. The number of rotatable bonds is 8. The third-order valence-corrected chi connectivity index (χ3v) is 6.09. The summed E-state index contributed by atoms with van der Waals surface area (Å²) in [6.07, 6.45) is 0. The predicted molar refractivity (Wildman–Crippen MR) is 116 cm³/mol. The third kappa shape index (κ3) is 6.17. The minimum absolute atomic E-state index is 0.245. The van der Waals surface area contributed by atoms with Crippen molar-refractivity contribution >= 4 is 35.0 Å². The van der Waals surface area contributed by atoms with Crippen LogP contribution in [0.15, 0.2) is 64.9 Å². The van der Waals surface area contributed by atoms with Gasteiger partial charge < -0.3 is 9.64 Å². The molecule has 0 aliphatic heterocycles. The number of esters is 1. The number of hydrogen-bond acceptors (Lipinski definition) is 6. The second-order valence-corrected chi connectivity index (χ2v) is 8.53. The van der Waals surface area contributed by atoms with Gasteiger partial charge in [0.05, 0.1) is 16.3 Å². The van der Waals surface area contributed by atoms with Crippen molar-refractivity contribution in [1.82, 2.24) is 9.88 Å². The number of likely N-dealkylation sites (N-methyl/N-ethyl adjacent to an activating group) is 1. The zero-order chi connectivity index (χ0) is 20.6. The summed E-state index contributed by atoms with van der Waals surface area (Å²) in [6.45, 7) is 2.15. The van der Waals surface area contributed by atoms with Crippen molar-refractivity contribution in [2.75, 3.05) is 13.7 Å². The van der Waals surface area contributed by atoms with Crippen molar-refractivity contribution in [1.29, 1.82) is 0 Å². The van der Waals surface area contributed by atoms with Gasteiger partial charge in [0, 0.05) is 29.6 Å². The Kier molecular flexibility index (Phi) is 7.43. The smallest absolute Gasteiger partial charge is 0.339 e. The lowest BCUT2D eigenvalue weighted by atomic mass is 10.2. The molecule has 29 heavy (non-hydrogen) atoms. The van der Waals surface area contributed by atoms with Gasteiger partial charge in [-0.2, -0.15) is 0 Å². The fraction of sp³-hybridized carbons (Fsp3) is 0.227. The fourth-order valence-electron chi connectivity index (χ4n) is 2.65. The average Bonchev–Trinajstić information content (AvgIpc) is 3.16. The number of amides is 1. The van der Waals surface area contributed by atoms with Gasteiger partial charge in [-0.15, -0.1) is 23.1 Å². The molecule has 0 aliphatic carbocycles. The van der Waals surface area contributed by atoms with Crippen LogP contribution < -0.4 is 0 Å². The van der Waals surface area contributed by atoms with E-state index in [1.54, 1.807) is 35.4 Å². The van der Waals surface area contributed by atoms with Gasteiger partial charge in [-0.25, -0.2) is 9.78 Å². The van der Waals surface area contributed by atoms with E-state index < -0.39 is 5.97 Å². The molecule has 0 aliphatic rings. The standard InChI is InChI=1S/C22H22N2O3S2/c1-16-23-18(14-28-16)15-29-20-11-7-6-10-19(20)22(26)27-13-21(25)24(2)12-17-8-4-3-5-9-17/h3-11,14H,12-13,15H2,1-2H3. The van der Waals surface area contributed by atoms with Crippen molar-refractivity contribution in [3.8, 4) is 0 Å². The number of aryl methyl sites for hydroxylation is 1. The van der Waals surface area contributed by atoms with Crippen molar-refractivity contribution in [3.63, 3.8) is 0 Å². The Labute approximate surface area is 178 Å².